The molecule has 0 amide bonds. The second kappa shape index (κ2) is 3.68. The molecule has 0 aromatic heterocycles. The SMILES string of the molecule is OC1(C2=CCCO2)CCCOCC1. The van der Waals surface area contributed by atoms with Crippen LogP contribution < -0.4 is 0 Å². The molecule has 0 radical (unpaired) electrons. The first-order valence-corrected chi connectivity index (χ1v) is 4.95. The Labute approximate surface area is 78.3 Å². The van der Waals surface area contributed by atoms with E-state index in [1.165, 1.54) is 0 Å². The van der Waals surface area contributed by atoms with Crippen LogP contribution in [0.4, 0.5) is 0 Å². The maximum Gasteiger partial charge on any atom is 0.124 e. The van der Waals surface area contributed by atoms with E-state index in [1.54, 1.807) is 0 Å². The fourth-order valence-corrected chi connectivity index (χ4v) is 1.92. The molecule has 13 heavy (non-hydrogen) atoms. The van der Waals surface area contributed by atoms with E-state index in [-0.39, 0.29) is 0 Å². The standard InChI is InChI=1S/C10H16O3/c11-10(9-3-1-7-13-9)4-2-6-12-8-5-10/h3,11H,1-2,4-8H2. The zero-order chi connectivity index (χ0) is 9.15. The van der Waals surface area contributed by atoms with Crippen LogP contribution in [-0.4, -0.2) is 30.5 Å². The largest absolute Gasteiger partial charge is 0.495 e. The van der Waals surface area contributed by atoms with E-state index in [0.29, 0.717) is 13.0 Å². The highest BCUT2D eigenvalue weighted by Crippen LogP contribution is 2.32. The molecule has 74 valence electrons. The minimum absolute atomic E-state index is 0.636. The van der Waals surface area contributed by atoms with Crippen molar-refractivity contribution in [2.24, 2.45) is 0 Å². The molecule has 2 aliphatic heterocycles. The van der Waals surface area contributed by atoms with Crippen molar-refractivity contribution in [2.75, 3.05) is 19.8 Å². The molecule has 2 heterocycles. The highest BCUT2D eigenvalue weighted by Gasteiger charge is 2.35. The zero-order valence-corrected chi connectivity index (χ0v) is 7.79. The van der Waals surface area contributed by atoms with E-state index >= 15 is 0 Å². The molecule has 2 aliphatic rings. The third-order valence-corrected chi connectivity index (χ3v) is 2.70. The van der Waals surface area contributed by atoms with Gasteiger partial charge in [-0.25, -0.2) is 0 Å². The van der Waals surface area contributed by atoms with Crippen LogP contribution in [0.3, 0.4) is 0 Å². The Kier molecular flexibility index (Phi) is 2.56. The highest BCUT2D eigenvalue weighted by atomic mass is 16.5. The minimum Gasteiger partial charge on any atom is -0.495 e. The molecular weight excluding hydrogens is 168 g/mol. The lowest BCUT2D eigenvalue weighted by Crippen LogP contribution is -2.31. The molecule has 1 saturated heterocycles. The quantitative estimate of drug-likeness (QED) is 0.666. The molecular formula is C10H16O3. The first-order chi connectivity index (χ1) is 6.31. The summed E-state index contributed by atoms with van der Waals surface area (Å²) in [7, 11) is 0. The topological polar surface area (TPSA) is 38.7 Å². The van der Waals surface area contributed by atoms with Crippen LogP contribution in [0.1, 0.15) is 25.7 Å². The first-order valence-electron chi connectivity index (χ1n) is 4.95. The van der Waals surface area contributed by atoms with Crippen molar-refractivity contribution in [2.45, 2.75) is 31.3 Å². The summed E-state index contributed by atoms with van der Waals surface area (Å²) in [4.78, 5) is 0. The van der Waals surface area contributed by atoms with Gasteiger partial charge in [-0.3, -0.25) is 0 Å². The molecule has 1 atom stereocenters. The lowest BCUT2D eigenvalue weighted by atomic mass is 9.92. The summed E-state index contributed by atoms with van der Waals surface area (Å²) >= 11 is 0. The van der Waals surface area contributed by atoms with Crippen LogP contribution in [0.2, 0.25) is 0 Å². The van der Waals surface area contributed by atoms with Crippen LogP contribution in [-0.2, 0) is 9.47 Å². The molecule has 0 aliphatic carbocycles. The van der Waals surface area contributed by atoms with Gasteiger partial charge in [0, 0.05) is 26.1 Å². The molecule has 0 spiro atoms. The average molecular weight is 184 g/mol. The number of hydrogen-bond acceptors (Lipinski definition) is 3. The summed E-state index contributed by atoms with van der Waals surface area (Å²) in [6.45, 7) is 2.12. The summed E-state index contributed by atoms with van der Waals surface area (Å²) in [6, 6.07) is 0. The highest BCUT2D eigenvalue weighted by molar-refractivity contribution is 5.13. The van der Waals surface area contributed by atoms with Gasteiger partial charge in [0.1, 0.15) is 11.4 Å². The molecule has 1 N–H and O–H groups in total. The fraction of sp³-hybridized carbons (Fsp3) is 0.800. The van der Waals surface area contributed by atoms with Crippen molar-refractivity contribution in [1.82, 2.24) is 0 Å². The Hall–Kier alpha value is -0.540. The summed E-state index contributed by atoms with van der Waals surface area (Å²) in [5.41, 5.74) is -0.743. The Morgan fingerprint density at radius 2 is 2.15 bits per heavy atom. The van der Waals surface area contributed by atoms with Crippen molar-refractivity contribution >= 4 is 0 Å². The molecule has 0 aromatic rings. The third kappa shape index (κ3) is 1.86. The second-order valence-electron chi connectivity index (χ2n) is 3.70. The molecule has 0 bridgehead atoms. The van der Waals surface area contributed by atoms with E-state index in [9.17, 15) is 5.11 Å². The van der Waals surface area contributed by atoms with Crippen LogP contribution in [0, 0.1) is 0 Å². The van der Waals surface area contributed by atoms with Gasteiger partial charge in [0.05, 0.1) is 6.61 Å². The van der Waals surface area contributed by atoms with Gasteiger partial charge >= 0.3 is 0 Å². The smallest absolute Gasteiger partial charge is 0.124 e. The van der Waals surface area contributed by atoms with Crippen LogP contribution >= 0.6 is 0 Å². The maximum absolute atomic E-state index is 10.3. The summed E-state index contributed by atoms with van der Waals surface area (Å²) in [5, 5.41) is 10.3. The Balaban J connectivity index is 2.07. The predicted molar refractivity (Wildman–Crippen MR) is 48.3 cm³/mol. The first kappa shape index (κ1) is 9.03. The molecule has 3 nitrogen and oxygen atoms in total. The lowest BCUT2D eigenvalue weighted by molar-refractivity contribution is 0.00261. The summed E-state index contributed by atoms with van der Waals surface area (Å²) < 4.78 is 10.7. The van der Waals surface area contributed by atoms with E-state index in [2.05, 4.69) is 0 Å². The van der Waals surface area contributed by atoms with Gasteiger partial charge in [0.15, 0.2) is 0 Å². The van der Waals surface area contributed by atoms with Gasteiger partial charge in [-0.05, 0) is 18.9 Å². The van der Waals surface area contributed by atoms with Crippen molar-refractivity contribution < 1.29 is 14.6 Å². The van der Waals surface area contributed by atoms with Crippen molar-refractivity contribution in [3.8, 4) is 0 Å². The number of rotatable bonds is 1. The maximum atomic E-state index is 10.3. The van der Waals surface area contributed by atoms with E-state index in [4.69, 9.17) is 9.47 Å². The van der Waals surface area contributed by atoms with E-state index < -0.39 is 5.60 Å². The van der Waals surface area contributed by atoms with E-state index in [1.807, 2.05) is 6.08 Å². The summed E-state index contributed by atoms with van der Waals surface area (Å²) in [6.07, 6.45) is 5.28. The molecule has 3 heteroatoms. The zero-order valence-electron chi connectivity index (χ0n) is 7.79. The number of aliphatic hydroxyl groups is 1. The molecule has 1 fully saturated rings. The molecule has 0 aromatic carbocycles. The second-order valence-corrected chi connectivity index (χ2v) is 3.70. The normalized spacial score (nSPS) is 35.0. The Bertz CT molecular complexity index is 202. The van der Waals surface area contributed by atoms with Gasteiger partial charge in [0.25, 0.3) is 0 Å². The Morgan fingerprint density at radius 3 is 2.92 bits per heavy atom. The van der Waals surface area contributed by atoms with Crippen LogP contribution in [0.5, 0.6) is 0 Å². The Morgan fingerprint density at radius 1 is 1.23 bits per heavy atom. The predicted octanol–water partition coefficient (Wildman–Crippen LogP) is 1.22. The van der Waals surface area contributed by atoms with Crippen LogP contribution in [0.25, 0.3) is 0 Å². The van der Waals surface area contributed by atoms with Crippen molar-refractivity contribution in [3.63, 3.8) is 0 Å². The average Bonchev–Trinajstić information content (AvgIpc) is 2.57. The molecule has 1 unspecified atom stereocenters. The molecule has 0 saturated carbocycles. The minimum atomic E-state index is -0.743. The van der Waals surface area contributed by atoms with Crippen molar-refractivity contribution in [1.29, 1.82) is 0 Å². The van der Waals surface area contributed by atoms with Crippen LogP contribution in [0.15, 0.2) is 11.8 Å². The van der Waals surface area contributed by atoms with Gasteiger partial charge in [-0.15, -0.1) is 0 Å². The monoisotopic (exact) mass is 184 g/mol. The van der Waals surface area contributed by atoms with Gasteiger partial charge in [-0.2, -0.15) is 0 Å². The number of hydrogen-bond donors (Lipinski definition) is 1. The lowest BCUT2D eigenvalue weighted by Gasteiger charge is -2.26. The fourth-order valence-electron chi connectivity index (χ4n) is 1.92. The van der Waals surface area contributed by atoms with E-state index in [0.717, 1.165) is 38.2 Å². The van der Waals surface area contributed by atoms with Gasteiger partial charge in [0.2, 0.25) is 0 Å². The van der Waals surface area contributed by atoms with Crippen molar-refractivity contribution in [3.05, 3.63) is 11.8 Å². The summed E-state index contributed by atoms with van der Waals surface area (Å²) in [5.74, 6) is 0.776. The van der Waals surface area contributed by atoms with Gasteiger partial charge in [-0.1, -0.05) is 0 Å². The number of ether oxygens (including phenoxy) is 2. The van der Waals surface area contributed by atoms with Gasteiger partial charge < -0.3 is 14.6 Å². The molecule has 2 rings (SSSR count). The third-order valence-electron chi connectivity index (χ3n) is 2.70.